The summed E-state index contributed by atoms with van der Waals surface area (Å²) in [6.07, 6.45) is 2.94. The number of carbonyl (C=O) groups is 2. The van der Waals surface area contributed by atoms with E-state index in [1.165, 1.54) is 11.0 Å². The van der Waals surface area contributed by atoms with Crippen LogP contribution in [-0.4, -0.2) is 35.0 Å². The van der Waals surface area contributed by atoms with Gasteiger partial charge in [0.15, 0.2) is 4.67 Å². The van der Waals surface area contributed by atoms with Crippen LogP contribution in [0.2, 0.25) is 0 Å². The van der Waals surface area contributed by atoms with Crippen molar-refractivity contribution in [3.05, 3.63) is 28.6 Å². The maximum absolute atomic E-state index is 11.6. The number of carboxylic acid groups (broad SMARTS) is 1. The highest BCUT2D eigenvalue weighted by molar-refractivity contribution is 9.10. The van der Waals surface area contributed by atoms with Crippen LogP contribution >= 0.6 is 15.9 Å². The van der Waals surface area contributed by atoms with E-state index in [1.54, 1.807) is 18.2 Å². The number of rotatable bonds is 3. The van der Waals surface area contributed by atoms with Gasteiger partial charge in [0.05, 0.1) is 5.92 Å². The molecule has 0 spiro atoms. The molecule has 1 N–H and O–H groups in total. The molecule has 0 aromatic carbocycles. The summed E-state index contributed by atoms with van der Waals surface area (Å²) < 4.78 is 5.79. The van der Waals surface area contributed by atoms with E-state index in [1.807, 2.05) is 0 Å². The van der Waals surface area contributed by atoms with Gasteiger partial charge in [0.1, 0.15) is 5.76 Å². The second kappa shape index (κ2) is 4.75. The molecule has 0 atom stereocenters. The van der Waals surface area contributed by atoms with Gasteiger partial charge in [0, 0.05) is 19.2 Å². The van der Waals surface area contributed by atoms with E-state index in [-0.39, 0.29) is 19.0 Å². The van der Waals surface area contributed by atoms with Gasteiger partial charge in [-0.1, -0.05) is 0 Å². The molecule has 5 nitrogen and oxygen atoms in total. The summed E-state index contributed by atoms with van der Waals surface area (Å²) in [5, 5.41) is 8.67. The molecule has 2 heterocycles. The van der Waals surface area contributed by atoms with Gasteiger partial charge < -0.3 is 14.4 Å². The Bertz CT molecular complexity index is 474. The van der Waals surface area contributed by atoms with Crippen LogP contribution < -0.4 is 0 Å². The molecule has 1 aromatic heterocycles. The molecule has 0 saturated carbocycles. The summed E-state index contributed by atoms with van der Waals surface area (Å²) in [5.41, 5.74) is 0. The minimum Gasteiger partial charge on any atom is -0.481 e. The smallest absolute Gasteiger partial charge is 0.310 e. The van der Waals surface area contributed by atoms with Crippen LogP contribution in [-0.2, 0) is 9.59 Å². The maximum atomic E-state index is 11.6. The molecular weight excluding hydrogens is 290 g/mol. The van der Waals surface area contributed by atoms with Crippen LogP contribution in [0.3, 0.4) is 0 Å². The summed E-state index contributed by atoms with van der Waals surface area (Å²) in [4.78, 5) is 23.6. The third-order valence-corrected chi connectivity index (χ3v) is 2.95. The number of hydrogen-bond acceptors (Lipinski definition) is 3. The van der Waals surface area contributed by atoms with E-state index in [9.17, 15) is 9.59 Å². The fourth-order valence-corrected chi connectivity index (χ4v) is 1.81. The number of hydrogen-bond donors (Lipinski definition) is 1. The number of furan rings is 1. The van der Waals surface area contributed by atoms with E-state index in [4.69, 9.17) is 9.52 Å². The van der Waals surface area contributed by atoms with Gasteiger partial charge in [-0.25, -0.2) is 0 Å². The monoisotopic (exact) mass is 299 g/mol. The molecular formula is C11H10BrNO4. The number of likely N-dealkylation sites (tertiary alicyclic amines) is 1. The van der Waals surface area contributed by atoms with Crippen LogP contribution in [0.1, 0.15) is 5.76 Å². The highest BCUT2D eigenvalue weighted by Crippen LogP contribution is 2.18. The van der Waals surface area contributed by atoms with E-state index in [0.717, 1.165) is 0 Å². The first-order valence-electron chi connectivity index (χ1n) is 5.01. The molecule has 1 saturated heterocycles. The van der Waals surface area contributed by atoms with Crippen LogP contribution in [0.5, 0.6) is 0 Å². The Morgan fingerprint density at radius 2 is 2.18 bits per heavy atom. The molecule has 17 heavy (non-hydrogen) atoms. The van der Waals surface area contributed by atoms with E-state index in [0.29, 0.717) is 10.4 Å². The lowest BCUT2D eigenvalue weighted by Crippen LogP contribution is -2.52. The largest absolute Gasteiger partial charge is 0.481 e. The van der Waals surface area contributed by atoms with Gasteiger partial charge >= 0.3 is 5.97 Å². The van der Waals surface area contributed by atoms with Gasteiger partial charge in [0.25, 0.3) is 0 Å². The molecule has 0 radical (unpaired) electrons. The van der Waals surface area contributed by atoms with Gasteiger partial charge in [-0.05, 0) is 34.1 Å². The van der Waals surface area contributed by atoms with Crippen molar-refractivity contribution in [3.63, 3.8) is 0 Å². The van der Waals surface area contributed by atoms with Crippen LogP contribution in [0, 0.1) is 5.92 Å². The molecule has 1 fully saturated rings. The van der Waals surface area contributed by atoms with Gasteiger partial charge in [-0.2, -0.15) is 0 Å². The van der Waals surface area contributed by atoms with Crippen LogP contribution in [0.25, 0.3) is 6.08 Å². The topological polar surface area (TPSA) is 70.8 Å². The summed E-state index contributed by atoms with van der Waals surface area (Å²) in [5.74, 6) is -0.909. The van der Waals surface area contributed by atoms with Crippen molar-refractivity contribution in [3.8, 4) is 0 Å². The van der Waals surface area contributed by atoms with Crippen molar-refractivity contribution in [1.82, 2.24) is 4.90 Å². The van der Waals surface area contributed by atoms with Crippen molar-refractivity contribution < 1.29 is 19.1 Å². The standard InChI is InChI=1S/C11H10BrNO4/c12-9-3-1-8(17-9)2-4-10(14)13-5-7(6-13)11(15)16/h1-4,7H,5-6H2,(H,15,16). The van der Waals surface area contributed by atoms with Crippen molar-refractivity contribution >= 4 is 33.9 Å². The Morgan fingerprint density at radius 3 is 2.71 bits per heavy atom. The molecule has 2 rings (SSSR count). The second-order valence-corrected chi connectivity index (χ2v) is 4.54. The first-order chi connectivity index (χ1) is 8.06. The zero-order chi connectivity index (χ0) is 12.4. The lowest BCUT2D eigenvalue weighted by molar-refractivity contribution is -0.151. The fraction of sp³-hybridized carbons (Fsp3) is 0.273. The van der Waals surface area contributed by atoms with E-state index in [2.05, 4.69) is 15.9 Å². The zero-order valence-electron chi connectivity index (χ0n) is 8.80. The maximum Gasteiger partial charge on any atom is 0.310 e. The SMILES string of the molecule is O=C(O)C1CN(C(=O)C=Cc2ccc(Br)o2)C1. The molecule has 0 bridgehead atoms. The van der Waals surface area contributed by atoms with Crippen LogP contribution in [0.4, 0.5) is 0 Å². The highest BCUT2D eigenvalue weighted by Gasteiger charge is 2.34. The number of aliphatic carboxylic acids is 1. The fourth-order valence-electron chi connectivity index (χ4n) is 1.49. The normalized spacial score (nSPS) is 16.2. The minimum absolute atomic E-state index is 0.199. The molecule has 0 unspecified atom stereocenters. The first-order valence-corrected chi connectivity index (χ1v) is 5.80. The highest BCUT2D eigenvalue weighted by atomic mass is 79.9. The van der Waals surface area contributed by atoms with Crippen molar-refractivity contribution in [2.75, 3.05) is 13.1 Å². The van der Waals surface area contributed by atoms with Crippen molar-refractivity contribution in [2.24, 2.45) is 5.92 Å². The average molecular weight is 300 g/mol. The molecule has 90 valence electrons. The molecule has 1 aromatic rings. The van der Waals surface area contributed by atoms with Crippen molar-refractivity contribution in [1.29, 1.82) is 0 Å². The molecule has 1 aliphatic rings. The lowest BCUT2D eigenvalue weighted by atomic mass is 10.0. The summed E-state index contributed by atoms with van der Waals surface area (Å²) in [7, 11) is 0. The predicted molar refractivity (Wildman–Crippen MR) is 63.1 cm³/mol. The quantitative estimate of drug-likeness (QED) is 0.861. The van der Waals surface area contributed by atoms with E-state index < -0.39 is 11.9 Å². The van der Waals surface area contributed by atoms with E-state index >= 15 is 0 Å². The molecule has 6 heteroatoms. The second-order valence-electron chi connectivity index (χ2n) is 3.75. The molecule has 0 aliphatic carbocycles. The Kier molecular flexibility index (Phi) is 3.33. The summed E-state index contributed by atoms with van der Waals surface area (Å²) >= 11 is 3.16. The number of carbonyl (C=O) groups excluding carboxylic acids is 1. The van der Waals surface area contributed by atoms with Gasteiger partial charge in [-0.3, -0.25) is 9.59 Å². The third-order valence-electron chi connectivity index (χ3n) is 2.53. The van der Waals surface area contributed by atoms with Gasteiger partial charge in [-0.15, -0.1) is 0 Å². The predicted octanol–water partition coefficient (Wildman–Crippen LogP) is 1.60. The lowest BCUT2D eigenvalue weighted by Gasteiger charge is -2.35. The average Bonchev–Trinajstić information content (AvgIpc) is 2.58. The van der Waals surface area contributed by atoms with Gasteiger partial charge in [0.2, 0.25) is 5.91 Å². The Balaban J connectivity index is 1.87. The zero-order valence-corrected chi connectivity index (χ0v) is 10.4. The minimum atomic E-state index is -0.854. The molecule has 1 aliphatic heterocycles. The number of carboxylic acids is 1. The molecule has 1 amide bonds. The van der Waals surface area contributed by atoms with Crippen LogP contribution in [0.15, 0.2) is 27.3 Å². The van der Waals surface area contributed by atoms with Crippen molar-refractivity contribution in [2.45, 2.75) is 0 Å². The Labute approximate surface area is 106 Å². The Morgan fingerprint density at radius 1 is 1.47 bits per heavy atom. The number of amides is 1. The first kappa shape index (κ1) is 11.9. The number of halogens is 1. The third kappa shape index (κ3) is 2.76. The summed E-state index contributed by atoms with van der Waals surface area (Å²) in [6.45, 7) is 0.556. The Hall–Kier alpha value is -1.56. The number of nitrogens with zero attached hydrogens (tertiary/aromatic N) is 1. The summed E-state index contributed by atoms with van der Waals surface area (Å²) in [6, 6.07) is 3.46.